The first-order valence-electron chi connectivity index (χ1n) is 14.0. The third-order valence-electron chi connectivity index (χ3n) is 7.21. The van der Waals surface area contributed by atoms with Crippen LogP contribution in [0.1, 0.15) is 52.0 Å². The van der Waals surface area contributed by atoms with E-state index in [1.54, 1.807) is 54.6 Å². The first kappa shape index (κ1) is 29.3. The van der Waals surface area contributed by atoms with Crippen LogP contribution in [0.5, 0.6) is 17.2 Å². The van der Waals surface area contributed by atoms with Crippen LogP contribution >= 0.6 is 0 Å². The smallest absolute Gasteiger partial charge is 0.337 e. The van der Waals surface area contributed by atoms with Crippen LogP contribution in [0.2, 0.25) is 0 Å². The molecule has 0 aliphatic heterocycles. The highest BCUT2D eigenvalue weighted by molar-refractivity contribution is 6.01. The molecule has 9 heteroatoms. The highest BCUT2D eigenvalue weighted by Crippen LogP contribution is 2.28. The normalized spacial score (nSPS) is 16.1. The Hall–Kier alpha value is -5.18. The molecule has 4 aromatic rings. The van der Waals surface area contributed by atoms with Crippen molar-refractivity contribution in [2.75, 3.05) is 5.32 Å². The summed E-state index contributed by atoms with van der Waals surface area (Å²) in [6.45, 7) is 0. The Morgan fingerprint density at radius 1 is 0.744 bits per heavy atom. The number of rotatable bonds is 10. The molecular weight excluding hydrogens is 551 g/mol. The Morgan fingerprint density at radius 2 is 1.33 bits per heavy atom. The molecule has 1 aliphatic carbocycles. The van der Waals surface area contributed by atoms with E-state index < -0.39 is 17.7 Å². The fourth-order valence-electron chi connectivity index (χ4n) is 4.98. The van der Waals surface area contributed by atoms with Crippen molar-refractivity contribution in [3.05, 3.63) is 120 Å². The standard InChI is InChI=1S/C34H31FN2O6/c35-30-7-3-1-5-28(30)33(39)36-23-11-15-25(16-12-23)43-27-19-17-26(18-20-27)42-24-13-9-22(10-14-24)21-32(38)37-31-8-4-2-6-29(31)34(40)41/h1-10,13-14,17-20,23,25H,11-12,15-16,21H2,(H,36,39)(H,37,38)(H,40,41). The van der Waals surface area contributed by atoms with Crippen molar-refractivity contribution in [2.24, 2.45) is 0 Å². The van der Waals surface area contributed by atoms with Gasteiger partial charge in [0, 0.05) is 6.04 Å². The minimum absolute atomic E-state index is 0.0165. The fourth-order valence-corrected chi connectivity index (χ4v) is 4.98. The van der Waals surface area contributed by atoms with Crippen LogP contribution in [0, 0.1) is 5.82 Å². The number of hydrogen-bond donors (Lipinski definition) is 3. The molecule has 0 unspecified atom stereocenters. The second-order valence-corrected chi connectivity index (χ2v) is 10.3. The monoisotopic (exact) mass is 582 g/mol. The molecule has 1 aliphatic rings. The van der Waals surface area contributed by atoms with Crippen LogP contribution in [0.25, 0.3) is 0 Å². The van der Waals surface area contributed by atoms with E-state index in [1.807, 2.05) is 24.3 Å². The van der Waals surface area contributed by atoms with Gasteiger partial charge in [-0.1, -0.05) is 36.4 Å². The number of para-hydroxylation sites is 1. The number of halogens is 1. The molecule has 5 rings (SSSR count). The number of benzene rings is 4. The van der Waals surface area contributed by atoms with Gasteiger partial charge < -0.3 is 25.2 Å². The average Bonchev–Trinajstić information content (AvgIpc) is 3.00. The summed E-state index contributed by atoms with van der Waals surface area (Å²) in [4.78, 5) is 36.2. The van der Waals surface area contributed by atoms with Crippen molar-refractivity contribution >= 4 is 23.5 Å². The van der Waals surface area contributed by atoms with Crippen molar-refractivity contribution in [1.82, 2.24) is 5.32 Å². The molecular formula is C34H31FN2O6. The van der Waals surface area contributed by atoms with E-state index in [2.05, 4.69) is 10.6 Å². The van der Waals surface area contributed by atoms with Gasteiger partial charge in [0.1, 0.15) is 23.1 Å². The van der Waals surface area contributed by atoms with Crippen LogP contribution in [0.3, 0.4) is 0 Å². The molecule has 8 nitrogen and oxygen atoms in total. The number of nitrogens with one attached hydrogen (secondary N) is 2. The topological polar surface area (TPSA) is 114 Å². The number of carbonyl (C=O) groups excluding carboxylic acids is 2. The number of amides is 2. The lowest BCUT2D eigenvalue weighted by Gasteiger charge is -2.29. The van der Waals surface area contributed by atoms with Gasteiger partial charge in [-0.05, 0) is 91.9 Å². The summed E-state index contributed by atoms with van der Waals surface area (Å²) >= 11 is 0. The molecule has 0 heterocycles. The molecule has 0 bridgehead atoms. The van der Waals surface area contributed by atoms with Gasteiger partial charge in [-0.3, -0.25) is 9.59 Å². The Kier molecular flexibility index (Phi) is 9.31. The Bertz CT molecular complexity index is 1580. The second-order valence-electron chi connectivity index (χ2n) is 10.3. The number of ether oxygens (including phenoxy) is 2. The summed E-state index contributed by atoms with van der Waals surface area (Å²) in [7, 11) is 0. The minimum atomic E-state index is -1.11. The third-order valence-corrected chi connectivity index (χ3v) is 7.21. The summed E-state index contributed by atoms with van der Waals surface area (Å²) in [6.07, 6.45) is 3.16. The van der Waals surface area contributed by atoms with Gasteiger partial charge >= 0.3 is 5.97 Å². The van der Waals surface area contributed by atoms with E-state index in [0.29, 0.717) is 11.5 Å². The maximum absolute atomic E-state index is 13.9. The summed E-state index contributed by atoms with van der Waals surface area (Å²) < 4.78 is 25.9. The SMILES string of the molecule is O=C(Cc1ccc(Oc2ccc(OC3CCC(NC(=O)c4ccccc4F)CC3)cc2)cc1)Nc1ccccc1C(=O)O. The average molecular weight is 583 g/mol. The van der Waals surface area contributed by atoms with E-state index in [4.69, 9.17) is 9.47 Å². The predicted molar refractivity (Wildman–Crippen MR) is 159 cm³/mol. The summed E-state index contributed by atoms with van der Waals surface area (Å²) in [5.41, 5.74) is 1.10. The predicted octanol–water partition coefficient (Wildman–Crippen LogP) is 6.62. The number of carboxylic acid groups (broad SMARTS) is 1. The van der Waals surface area contributed by atoms with Gasteiger partial charge in [-0.15, -0.1) is 0 Å². The molecule has 0 radical (unpaired) electrons. The van der Waals surface area contributed by atoms with Crippen molar-refractivity contribution in [2.45, 2.75) is 44.2 Å². The van der Waals surface area contributed by atoms with Gasteiger partial charge in [0.2, 0.25) is 5.91 Å². The number of hydrogen-bond acceptors (Lipinski definition) is 5. The zero-order valence-electron chi connectivity index (χ0n) is 23.3. The Labute approximate surface area is 248 Å². The Morgan fingerprint density at radius 3 is 1.98 bits per heavy atom. The molecule has 220 valence electrons. The zero-order chi connectivity index (χ0) is 30.2. The number of carboxylic acids is 1. The van der Waals surface area contributed by atoms with Gasteiger partial charge in [0.25, 0.3) is 5.91 Å². The number of aromatic carboxylic acids is 1. The molecule has 0 spiro atoms. The maximum Gasteiger partial charge on any atom is 0.337 e. The lowest BCUT2D eigenvalue weighted by Crippen LogP contribution is -2.40. The van der Waals surface area contributed by atoms with Gasteiger partial charge in [0.05, 0.1) is 29.3 Å². The molecule has 0 atom stereocenters. The second kappa shape index (κ2) is 13.7. The van der Waals surface area contributed by atoms with Crippen molar-refractivity contribution < 1.29 is 33.4 Å². The lowest BCUT2D eigenvalue weighted by molar-refractivity contribution is -0.115. The molecule has 4 aromatic carbocycles. The highest BCUT2D eigenvalue weighted by Gasteiger charge is 2.24. The largest absolute Gasteiger partial charge is 0.490 e. The fraction of sp³-hybridized carbons (Fsp3) is 0.206. The molecule has 0 saturated heterocycles. The maximum atomic E-state index is 13.9. The summed E-state index contributed by atoms with van der Waals surface area (Å²) in [6, 6.07) is 26.6. The first-order valence-corrected chi connectivity index (χ1v) is 14.0. The van der Waals surface area contributed by atoms with Crippen molar-refractivity contribution in [3.8, 4) is 17.2 Å². The van der Waals surface area contributed by atoms with E-state index in [9.17, 15) is 23.9 Å². The number of anilines is 1. The van der Waals surface area contributed by atoms with E-state index >= 15 is 0 Å². The summed E-state index contributed by atoms with van der Waals surface area (Å²) in [5.74, 6) is -0.394. The Balaban J connectivity index is 1.06. The first-order chi connectivity index (χ1) is 20.8. The molecule has 1 saturated carbocycles. The molecule has 2 amide bonds. The van der Waals surface area contributed by atoms with E-state index in [1.165, 1.54) is 18.2 Å². The molecule has 0 aromatic heterocycles. The molecule has 43 heavy (non-hydrogen) atoms. The van der Waals surface area contributed by atoms with Gasteiger partial charge in [0.15, 0.2) is 0 Å². The number of carbonyl (C=O) groups is 3. The zero-order valence-corrected chi connectivity index (χ0v) is 23.3. The van der Waals surface area contributed by atoms with Crippen molar-refractivity contribution in [3.63, 3.8) is 0 Å². The van der Waals surface area contributed by atoms with E-state index in [0.717, 1.165) is 37.0 Å². The quantitative estimate of drug-likeness (QED) is 0.194. The lowest BCUT2D eigenvalue weighted by atomic mass is 9.92. The van der Waals surface area contributed by atoms with Gasteiger partial charge in [-0.25, -0.2) is 9.18 Å². The third kappa shape index (κ3) is 7.97. The van der Waals surface area contributed by atoms with Crippen LogP contribution in [0.15, 0.2) is 97.1 Å². The molecule has 3 N–H and O–H groups in total. The van der Waals surface area contributed by atoms with E-state index in [-0.39, 0.29) is 41.3 Å². The van der Waals surface area contributed by atoms with Crippen LogP contribution < -0.4 is 20.1 Å². The molecule has 1 fully saturated rings. The van der Waals surface area contributed by atoms with Crippen LogP contribution in [0.4, 0.5) is 10.1 Å². The van der Waals surface area contributed by atoms with Gasteiger partial charge in [-0.2, -0.15) is 0 Å². The summed E-state index contributed by atoms with van der Waals surface area (Å²) in [5, 5.41) is 14.9. The van der Waals surface area contributed by atoms with Crippen LogP contribution in [-0.2, 0) is 11.2 Å². The highest BCUT2D eigenvalue weighted by atomic mass is 19.1. The van der Waals surface area contributed by atoms with Crippen molar-refractivity contribution in [1.29, 1.82) is 0 Å². The minimum Gasteiger partial charge on any atom is -0.490 e. The van der Waals surface area contributed by atoms with Crippen LogP contribution in [-0.4, -0.2) is 35.0 Å².